The van der Waals surface area contributed by atoms with Crippen LogP contribution in [-0.4, -0.2) is 16.5 Å². The Balaban J connectivity index is 2.09. The fourth-order valence-corrected chi connectivity index (χ4v) is 1.52. The maximum atomic E-state index is 13.7. The summed E-state index contributed by atoms with van der Waals surface area (Å²) in [5, 5.41) is 10.2. The minimum Gasteiger partial charge on any atom is -0.436 e. The van der Waals surface area contributed by atoms with E-state index in [0.717, 1.165) is 0 Å². The molecule has 0 amide bonds. The van der Waals surface area contributed by atoms with Gasteiger partial charge >= 0.3 is 0 Å². The van der Waals surface area contributed by atoms with E-state index in [0.29, 0.717) is 11.4 Å². The third kappa shape index (κ3) is 3.74. The van der Waals surface area contributed by atoms with Crippen molar-refractivity contribution in [2.45, 2.75) is 6.42 Å². The molecule has 0 radical (unpaired) electrons. The highest BCUT2D eigenvalue weighted by molar-refractivity contribution is 5.32. The van der Waals surface area contributed by atoms with Crippen molar-refractivity contribution in [3.05, 3.63) is 64.1 Å². The van der Waals surface area contributed by atoms with Gasteiger partial charge in [-0.15, -0.1) is 0 Å². The van der Waals surface area contributed by atoms with Crippen LogP contribution in [0.15, 0.2) is 42.6 Å². The second kappa shape index (κ2) is 5.90. The molecular formula is C13H11FN2O3. The Bertz CT molecular complexity index is 575. The highest BCUT2D eigenvalue weighted by Crippen LogP contribution is 2.23. The zero-order valence-electron chi connectivity index (χ0n) is 9.95. The molecule has 0 aliphatic heterocycles. The molecule has 0 atom stereocenters. The predicted octanol–water partition coefficient (Wildman–Crippen LogP) is 2.83. The van der Waals surface area contributed by atoms with Gasteiger partial charge in [0.1, 0.15) is 0 Å². The molecule has 2 aromatic rings. The Kier molecular flexibility index (Phi) is 4.02. The van der Waals surface area contributed by atoms with Crippen LogP contribution in [0.5, 0.6) is 11.6 Å². The van der Waals surface area contributed by atoms with Crippen LogP contribution in [0.25, 0.3) is 0 Å². The third-order valence-corrected chi connectivity index (χ3v) is 2.43. The number of benzene rings is 1. The molecule has 1 aromatic carbocycles. The zero-order chi connectivity index (χ0) is 13.7. The van der Waals surface area contributed by atoms with Crippen molar-refractivity contribution in [1.82, 2.24) is 4.98 Å². The van der Waals surface area contributed by atoms with Crippen LogP contribution < -0.4 is 4.74 Å². The smallest absolute Gasteiger partial charge is 0.219 e. The van der Waals surface area contributed by atoms with Crippen molar-refractivity contribution in [2.75, 3.05) is 6.54 Å². The van der Waals surface area contributed by atoms with Gasteiger partial charge in [0.2, 0.25) is 12.4 Å². The lowest BCUT2D eigenvalue weighted by Gasteiger charge is -2.06. The van der Waals surface area contributed by atoms with Crippen LogP contribution >= 0.6 is 0 Å². The molecule has 0 spiro atoms. The fraction of sp³-hybridized carbons (Fsp3) is 0.154. The number of nitro groups is 1. The van der Waals surface area contributed by atoms with Crippen molar-refractivity contribution >= 4 is 0 Å². The van der Waals surface area contributed by atoms with Gasteiger partial charge in [-0.25, -0.2) is 9.37 Å². The van der Waals surface area contributed by atoms with Gasteiger partial charge in [-0.2, -0.15) is 0 Å². The monoisotopic (exact) mass is 262 g/mol. The van der Waals surface area contributed by atoms with E-state index in [2.05, 4.69) is 4.98 Å². The molecule has 0 fully saturated rings. The first-order chi connectivity index (χ1) is 9.15. The zero-order valence-corrected chi connectivity index (χ0v) is 9.95. The van der Waals surface area contributed by atoms with Gasteiger partial charge in [-0.3, -0.25) is 10.1 Å². The highest BCUT2D eigenvalue weighted by Gasteiger charge is 2.08. The first-order valence-electron chi connectivity index (χ1n) is 5.64. The first kappa shape index (κ1) is 12.9. The van der Waals surface area contributed by atoms with E-state index in [-0.39, 0.29) is 18.7 Å². The topological polar surface area (TPSA) is 65.3 Å². The summed E-state index contributed by atoms with van der Waals surface area (Å²) in [6.45, 7) is -0.222. The maximum absolute atomic E-state index is 13.7. The van der Waals surface area contributed by atoms with Gasteiger partial charge in [0.25, 0.3) is 0 Å². The van der Waals surface area contributed by atoms with Crippen LogP contribution in [-0.2, 0) is 6.42 Å². The average Bonchev–Trinajstić information content (AvgIpc) is 2.40. The molecule has 6 heteroatoms. The molecule has 0 bridgehead atoms. The summed E-state index contributed by atoms with van der Waals surface area (Å²) < 4.78 is 19.0. The quantitative estimate of drug-likeness (QED) is 0.614. The summed E-state index contributed by atoms with van der Waals surface area (Å²) in [6, 6.07) is 9.35. The van der Waals surface area contributed by atoms with E-state index in [1.807, 2.05) is 0 Å². The molecule has 0 aliphatic carbocycles. The Morgan fingerprint density at radius 1 is 1.32 bits per heavy atom. The average molecular weight is 262 g/mol. The van der Waals surface area contributed by atoms with Crippen molar-refractivity contribution in [3.8, 4) is 11.6 Å². The number of rotatable bonds is 5. The molecule has 19 heavy (non-hydrogen) atoms. The third-order valence-electron chi connectivity index (χ3n) is 2.43. The van der Waals surface area contributed by atoms with Gasteiger partial charge in [-0.05, 0) is 23.8 Å². The van der Waals surface area contributed by atoms with Crippen LogP contribution in [0.4, 0.5) is 4.39 Å². The molecule has 1 heterocycles. The van der Waals surface area contributed by atoms with E-state index in [4.69, 9.17) is 4.74 Å². The van der Waals surface area contributed by atoms with Gasteiger partial charge in [0.05, 0.1) is 0 Å². The lowest BCUT2D eigenvalue weighted by molar-refractivity contribution is -0.479. The first-order valence-corrected chi connectivity index (χ1v) is 5.64. The standard InChI is InChI=1S/C13H11FN2O3/c14-11-9-10(6-8-16(17)18)4-5-12(11)19-13-3-1-2-7-15-13/h1-5,7,9H,6,8H2. The second-order valence-electron chi connectivity index (χ2n) is 3.84. The Labute approximate surface area is 108 Å². The Hall–Kier alpha value is -2.50. The van der Waals surface area contributed by atoms with Gasteiger partial charge in [-0.1, -0.05) is 12.1 Å². The van der Waals surface area contributed by atoms with Crippen LogP contribution in [0.3, 0.4) is 0 Å². The molecule has 1 aromatic heterocycles. The molecule has 0 saturated carbocycles. The van der Waals surface area contributed by atoms with E-state index in [1.165, 1.54) is 12.1 Å². The molecule has 98 valence electrons. The van der Waals surface area contributed by atoms with Crippen molar-refractivity contribution in [3.63, 3.8) is 0 Å². The molecule has 0 saturated heterocycles. The molecule has 5 nitrogen and oxygen atoms in total. The normalized spacial score (nSPS) is 10.2. The number of halogens is 1. The Morgan fingerprint density at radius 2 is 2.16 bits per heavy atom. The van der Waals surface area contributed by atoms with Crippen LogP contribution in [0, 0.1) is 15.9 Å². The fourth-order valence-electron chi connectivity index (χ4n) is 1.52. The lowest BCUT2D eigenvalue weighted by atomic mass is 10.1. The van der Waals surface area contributed by atoms with Crippen molar-refractivity contribution in [2.24, 2.45) is 0 Å². The molecule has 0 N–H and O–H groups in total. The van der Waals surface area contributed by atoms with Gasteiger partial charge in [0.15, 0.2) is 11.6 Å². The summed E-state index contributed by atoms with van der Waals surface area (Å²) in [4.78, 5) is 13.7. The summed E-state index contributed by atoms with van der Waals surface area (Å²) in [5.74, 6) is -0.227. The summed E-state index contributed by atoms with van der Waals surface area (Å²) in [6.07, 6.45) is 1.73. The lowest BCUT2D eigenvalue weighted by Crippen LogP contribution is -2.04. The minimum absolute atomic E-state index is 0.0450. The van der Waals surface area contributed by atoms with E-state index < -0.39 is 10.7 Å². The van der Waals surface area contributed by atoms with Crippen molar-refractivity contribution in [1.29, 1.82) is 0 Å². The second-order valence-corrected chi connectivity index (χ2v) is 3.84. The minimum atomic E-state index is -0.563. The highest BCUT2D eigenvalue weighted by atomic mass is 19.1. The number of pyridine rings is 1. The number of hydrogen-bond donors (Lipinski definition) is 0. The number of nitrogens with zero attached hydrogens (tertiary/aromatic N) is 2. The summed E-state index contributed by atoms with van der Waals surface area (Å²) in [5.41, 5.74) is 0.558. The number of ether oxygens (including phenoxy) is 1. The molecule has 2 rings (SSSR count). The molecular weight excluding hydrogens is 251 g/mol. The van der Waals surface area contributed by atoms with Gasteiger partial charge in [0, 0.05) is 23.6 Å². The largest absolute Gasteiger partial charge is 0.436 e. The van der Waals surface area contributed by atoms with E-state index in [9.17, 15) is 14.5 Å². The summed E-state index contributed by atoms with van der Waals surface area (Å²) >= 11 is 0. The Morgan fingerprint density at radius 3 is 2.79 bits per heavy atom. The van der Waals surface area contributed by atoms with Crippen LogP contribution in [0.1, 0.15) is 5.56 Å². The van der Waals surface area contributed by atoms with E-state index in [1.54, 1.807) is 30.5 Å². The van der Waals surface area contributed by atoms with Gasteiger partial charge < -0.3 is 4.74 Å². The summed E-state index contributed by atoms with van der Waals surface area (Å²) in [7, 11) is 0. The maximum Gasteiger partial charge on any atom is 0.219 e. The number of aromatic nitrogens is 1. The molecule has 0 unspecified atom stereocenters. The molecule has 0 aliphatic rings. The predicted molar refractivity (Wildman–Crippen MR) is 66.3 cm³/mol. The SMILES string of the molecule is O=[N+]([O-])CCc1ccc(Oc2ccccn2)c(F)c1. The van der Waals surface area contributed by atoms with Crippen LogP contribution in [0.2, 0.25) is 0 Å². The van der Waals surface area contributed by atoms with Crippen molar-refractivity contribution < 1.29 is 14.1 Å². The number of hydrogen-bond acceptors (Lipinski definition) is 4. The van der Waals surface area contributed by atoms with E-state index >= 15 is 0 Å².